The number of likely N-dealkylation sites (tertiary alicyclic amines) is 1. The zero-order chi connectivity index (χ0) is 10.9. The van der Waals surface area contributed by atoms with Gasteiger partial charge < -0.3 is 4.57 Å². The third-order valence-corrected chi connectivity index (χ3v) is 3.46. The number of nitrogens with zero attached hydrogens (tertiary/aromatic N) is 2. The summed E-state index contributed by atoms with van der Waals surface area (Å²) in [5.41, 5.74) is 0.335. The smallest absolute Gasteiger partial charge is 0.0355 e. The molecule has 2 heterocycles. The fourth-order valence-corrected chi connectivity index (χ4v) is 2.43. The average molecular weight is 206 g/mol. The molecule has 15 heavy (non-hydrogen) atoms. The Morgan fingerprint density at radius 1 is 1.00 bits per heavy atom. The Morgan fingerprint density at radius 2 is 1.53 bits per heavy atom. The third-order valence-electron chi connectivity index (χ3n) is 3.46. The molecule has 0 aliphatic carbocycles. The maximum absolute atomic E-state index is 2.59. The predicted molar refractivity (Wildman–Crippen MR) is 64.0 cm³/mol. The summed E-state index contributed by atoms with van der Waals surface area (Å²) < 4.78 is 2.36. The van der Waals surface area contributed by atoms with E-state index in [0.717, 1.165) is 6.04 Å². The molecule has 2 rings (SSSR count). The summed E-state index contributed by atoms with van der Waals surface area (Å²) >= 11 is 0. The van der Waals surface area contributed by atoms with Crippen molar-refractivity contribution in [3.05, 3.63) is 24.5 Å². The van der Waals surface area contributed by atoms with E-state index in [-0.39, 0.29) is 0 Å². The van der Waals surface area contributed by atoms with Crippen LogP contribution in [-0.4, -0.2) is 28.1 Å². The van der Waals surface area contributed by atoms with Crippen molar-refractivity contribution in [3.8, 4) is 0 Å². The molecular formula is C13H22N2. The molecule has 0 aromatic carbocycles. The second kappa shape index (κ2) is 4.01. The van der Waals surface area contributed by atoms with Crippen molar-refractivity contribution in [2.45, 2.75) is 45.2 Å². The first kappa shape index (κ1) is 10.7. The lowest BCUT2D eigenvalue weighted by molar-refractivity contribution is 0.0899. The molecule has 1 aliphatic rings. The number of hydrogen-bond acceptors (Lipinski definition) is 1. The van der Waals surface area contributed by atoms with Gasteiger partial charge in [0.2, 0.25) is 0 Å². The molecule has 0 atom stereocenters. The molecule has 1 aromatic rings. The zero-order valence-corrected chi connectivity index (χ0v) is 10.1. The van der Waals surface area contributed by atoms with Gasteiger partial charge in [-0.05, 0) is 45.7 Å². The SMILES string of the molecule is CC(C)(C)N1CCC(n2cccc2)CC1. The number of rotatable bonds is 1. The lowest BCUT2D eigenvalue weighted by Crippen LogP contribution is -2.46. The van der Waals surface area contributed by atoms with Gasteiger partial charge in [0, 0.05) is 37.1 Å². The van der Waals surface area contributed by atoms with E-state index in [0.29, 0.717) is 5.54 Å². The van der Waals surface area contributed by atoms with E-state index in [1.807, 2.05) is 0 Å². The van der Waals surface area contributed by atoms with Crippen LogP contribution in [0.15, 0.2) is 24.5 Å². The van der Waals surface area contributed by atoms with Crippen molar-refractivity contribution < 1.29 is 0 Å². The van der Waals surface area contributed by atoms with Crippen LogP contribution in [0.25, 0.3) is 0 Å². The first-order valence-electron chi connectivity index (χ1n) is 5.95. The van der Waals surface area contributed by atoms with Gasteiger partial charge in [0.05, 0.1) is 0 Å². The molecule has 0 amide bonds. The van der Waals surface area contributed by atoms with Crippen LogP contribution in [-0.2, 0) is 0 Å². The van der Waals surface area contributed by atoms with Gasteiger partial charge in [0.1, 0.15) is 0 Å². The largest absolute Gasteiger partial charge is 0.351 e. The van der Waals surface area contributed by atoms with E-state index < -0.39 is 0 Å². The molecule has 0 saturated carbocycles. The Kier molecular flexibility index (Phi) is 2.87. The minimum absolute atomic E-state index is 0.335. The zero-order valence-electron chi connectivity index (χ0n) is 10.1. The Hall–Kier alpha value is -0.760. The molecule has 0 unspecified atom stereocenters. The number of aromatic nitrogens is 1. The monoisotopic (exact) mass is 206 g/mol. The highest BCUT2D eigenvalue weighted by Gasteiger charge is 2.27. The van der Waals surface area contributed by atoms with Crippen LogP contribution in [0.1, 0.15) is 39.7 Å². The maximum Gasteiger partial charge on any atom is 0.0355 e. The summed E-state index contributed by atoms with van der Waals surface area (Å²) in [6.45, 7) is 9.38. The Morgan fingerprint density at radius 3 is 2.00 bits per heavy atom. The van der Waals surface area contributed by atoms with Crippen molar-refractivity contribution in [3.63, 3.8) is 0 Å². The minimum Gasteiger partial charge on any atom is -0.351 e. The molecular weight excluding hydrogens is 184 g/mol. The van der Waals surface area contributed by atoms with Crippen LogP contribution in [0, 0.1) is 0 Å². The molecule has 1 fully saturated rings. The molecule has 2 nitrogen and oxygen atoms in total. The van der Waals surface area contributed by atoms with Crippen LogP contribution >= 0.6 is 0 Å². The standard InChI is InChI=1S/C13H22N2/c1-13(2,3)15-10-6-12(7-11-15)14-8-4-5-9-14/h4-5,8-9,12H,6-7,10-11H2,1-3H3. The Labute approximate surface area is 92.9 Å². The number of piperidine rings is 1. The van der Waals surface area contributed by atoms with E-state index in [4.69, 9.17) is 0 Å². The molecule has 0 spiro atoms. The molecule has 84 valence electrons. The van der Waals surface area contributed by atoms with Gasteiger partial charge in [-0.3, -0.25) is 4.90 Å². The van der Waals surface area contributed by atoms with Gasteiger partial charge in [-0.2, -0.15) is 0 Å². The third kappa shape index (κ3) is 2.43. The Bertz CT molecular complexity index is 287. The van der Waals surface area contributed by atoms with Gasteiger partial charge in [0.25, 0.3) is 0 Å². The van der Waals surface area contributed by atoms with Crippen molar-refractivity contribution in [2.75, 3.05) is 13.1 Å². The molecule has 0 N–H and O–H groups in total. The van der Waals surface area contributed by atoms with E-state index >= 15 is 0 Å². The highest BCUT2D eigenvalue weighted by atomic mass is 15.2. The second-order valence-corrected chi connectivity index (χ2v) is 5.52. The summed E-state index contributed by atoms with van der Waals surface area (Å²) in [7, 11) is 0. The summed E-state index contributed by atoms with van der Waals surface area (Å²) in [5, 5.41) is 0. The van der Waals surface area contributed by atoms with Gasteiger partial charge in [-0.25, -0.2) is 0 Å². The first-order chi connectivity index (χ1) is 7.07. The van der Waals surface area contributed by atoms with Crippen molar-refractivity contribution in [1.29, 1.82) is 0 Å². The quantitative estimate of drug-likeness (QED) is 0.686. The van der Waals surface area contributed by atoms with Gasteiger partial charge in [-0.1, -0.05) is 0 Å². The molecule has 1 aliphatic heterocycles. The highest BCUT2D eigenvalue weighted by molar-refractivity contribution is 4.95. The summed E-state index contributed by atoms with van der Waals surface area (Å²) in [6, 6.07) is 4.96. The van der Waals surface area contributed by atoms with E-state index in [2.05, 4.69) is 54.8 Å². The van der Waals surface area contributed by atoms with Crippen LogP contribution in [0.5, 0.6) is 0 Å². The fourth-order valence-electron chi connectivity index (χ4n) is 2.43. The average Bonchev–Trinajstić information content (AvgIpc) is 2.69. The molecule has 2 heteroatoms. The topological polar surface area (TPSA) is 8.17 Å². The van der Waals surface area contributed by atoms with Gasteiger partial charge in [-0.15, -0.1) is 0 Å². The van der Waals surface area contributed by atoms with Crippen LogP contribution in [0.3, 0.4) is 0 Å². The number of hydrogen-bond donors (Lipinski definition) is 0. The lowest BCUT2D eigenvalue weighted by atomic mass is 9.98. The molecule has 0 bridgehead atoms. The fraction of sp³-hybridized carbons (Fsp3) is 0.692. The van der Waals surface area contributed by atoms with Crippen LogP contribution in [0.4, 0.5) is 0 Å². The minimum atomic E-state index is 0.335. The van der Waals surface area contributed by atoms with E-state index in [1.165, 1.54) is 25.9 Å². The van der Waals surface area contributed by atoms with Crippen molar-refractivity contribution >= 4 is 0 Å². The highest BCUT2D eigenvalue weighted by Crippen LogP contribution is 2.26. The van der Waals surface area contributed by atoms with Crippen LogP contribution in [0.2, 0.25) is 0 Å². The first-order valence-corrected chi connectivity index (χ1v) is 5.95. The normalized spacial score (nSPS) is 20.7. The van der Waals surface area contributed by atoms with Gasteiger partial charge >= 0.3 is 0 Å². The maximum atomic E-state index is 2.59. The van der Waals surface area contributed by atoms with E-state index in [9.17, 15) is 0 Å². The van der Waals surface area contributed by atoms with Crippen molar-refractivity contribution in [1.82, 2.24) is 9.47 Å². The molecule has 1 saturated heterocycles. The molecule has 0 radical (unpaired) electrons. The van der Waals surface area contributed by atoms with Crippen LogP contribution < -0.4 is 0 Å². The predicted octanol–water partition coefficient (Wildman–Crippen LogP) is 2.92. The summed E-state index contributed by atoms with van der Waals surface area (Å²) in [5.74, 6) is 0. The van der Waals surface area contributed by atoms with Crippen molar-refractivity contribution in [2.24, 2.45) is 0 Å². The molecule has 1 aromatic heterocycles. The summed E-state index contributed by atoms with van der Waals surface area (Å²) in [6.07, 6.45) is 6.95. The Balaban J connectivity index is 1.93. The van der Waals surface area contributed by atoms with E-state index in [1.54, 1.807) is 0 Å². The second-order valence-electron chi connectivity index (χ2n) is 5.52. The van der Waals surface area contributed by atoms with Gasteiger partial charge in [0.15, 0.2) is 0 Å². The lowest BCUT2D eigenvalue weighted by Gasteiger charge is -2.41. The summed E-state index contributed by atoms with van der Waals surface area (Å²) in [4.78, 5) is 2.59.